The number of methoxy groups -OCH3 is 1. The molecule has 0 atom stereocenters. The number of hydrogen-bond donors (Lipinski definition) is 0. The Labute approximate surface area is 132 Å². The number of hydrogen-bond acceptors (Lipinski definition) is 3. The predicted molar refractivity (Wildman–Crippen MR) is 84.2 cm³/mol. The van der Waals surface area contributed by atoms with Crippen LogP contribution < -0.4 is 4.74 Å². The normalized spacial score (nSPS) is 11.0. The van der Waals surface area contributed by atoms with Gasteiger partial charge in [0.15, 0.2) is 5.65 Å². The van der Waals surface area contributed by atoms with Gasteiger partial charge in [0.1, 0.15) is 5.75 Å². The minimum Gasteiger partial charge on any atom is -0.497 e. The number of benzene rings is 1. The first kappa shape index (κ1) is 14.2. The molecule has 2 aromatic heterocycles. The highest BCUT2D eigenvalue weighted by Crippen LogP contribution is 2.27. The maximum atomic E-state index is 6.30. The summed E-state index contributed by atoms with van der Waals surface area (Å²) in [5.74, 6) is 1.17. The maximum Gasteiger partial charge on any atom is 0.159 e. The highest BCUT2D eigenvalue weighted by atomic mass is 35.5. The van der Waals surface area contributed by atoms with Crippen LogP contribution in [0.25, 0.3) is 11.0 Å². The molecule has 0 N–H and O–H groups in total. The van der Waals surface area contributed by atoms with E-state index in [9.17, 15) is 0 Å². The smallest absolute Gasteiger partial charge is 0.159 e. The Kier molecular flexibility index (Phi) is 3.99. The molecule has 3 rings (SSSR count). The zero-order valence-electron chi connectivity index (χ0n) is 11.4. The molecule has 0 saturated carbocycles. The molecule has 0 amide bonds. The van der Waals surface area contributed by atoms with Gasteiger partial charge in [0.25, 0.3) is 0 Å². The molecule has 2 heterocycles. The molecule has 0 bridgehead atoms. The molecule has 0 fully saturated rings. The Morgan fingerprint density at radius 2 is 1.95 bits per heavy atom. The molecule has 0 spiro atoms. The van der Waals surface area contributed by atoms with Crippen LogP contribution in [0.1, 0.15) is 11.1 Å². The molecule has 0 aliphatic rings. The number of pyridine rings is 1. The predicted octanol–water partition coefficient (Wildman–Crippen LogP) is 3.88. The van der Waals surface area contributed by atoms with E-state index in [1.165, 1.54) is 0 Å². The topological polar surface area (TPSA) is 39.9 Å². The third-order valence-electron chi connectivity index (χ3n) is 3.31. The number of halogens is 2. The van der Waals surface area contributed by atoms with Crippen molar-refractivity contribution < 1.29 is 4.74 Å². The molecule has 6 heteroatoms. The van der Waals surface area contributed by atoms with E-state index in [4.69, 9.17) is 27.9 Å². The molecule has 0 radical (unpaired) electrons. The summed E-state index contributed by atoms with van der Waals surface area (Å²) >= 11 is 12.1. The van der Waals surface area contributed by atoms with Crippen LogP contribution in [-0.4, -0.2) is 21.9 Å². The molecular formula is C15H13Cl2N3O. The third kappa shape index (κ3) is 2.69. The highest BCUT2D eigenvalue weighted by molar-refractivity contribution is 6.36. The second-order valence-corrected chi connectivity index (χ2v) is 5.26. The number of ether oxygens (including phenoxy) is 1. The molecule has 4 nitrogen and oxygen atoms in total. The molecule has 1 aromatic carbocycles. The number of aromatic nitrogens is 3. The van der Waals surface area contributed by atoms with Gasteiger partial charge in [-0.25, -0.2) is 9.67 Å². The van der Waals surface area contributed by atoms with Crippen LogP contribution in [0.5, 0.6) is 5.75 Å². The molecule has 0 aliphatic carbocycles. The number of fused-ring (bicyclic) bond motifs is 1. The quantitative estimate of drug-likeness (QED) is 0.684. The van der Waals surface area contributed by atoms with E-state index in [-0.39, 0.29) is 0 Å². The lowest BCUT2D eigenvalue weighted by molar-refractivity contribution is 0.414. The van der Waals surface area contributed by atoms with Gasteiger partial charge in [-0.15, -0.1) is 11.6 Å². The first-order chi connectivity index (χ1) is 10.2. The number of nitrogens with zero attached hydrogens (tertiary/aromatic N) is 3. The van der Waals surface area contributed by atoms with Crippen LogP contribution in [0, 0.1) is 0 Å². The van der Waals surface area contributed by atoms with Crippen molar-refractivity contribution in [2.75, 3.05) is 7.11 Å². The SMILES string of the molecule is COc1ccc(Cn2ncc3c(Cl)c(CCl)cnc32)cc1. The van der Waals surface area contributed by atoms with Gasteiger partial charge in [-0.1, -0.05) is 23.7 Å². The lowest BCUT2D eigenvalue weighted by Crippen LogP contribution is -2.02. The van der Waals surface area contributed by atoms with E-state index < -0.39 is 0 Å². The number of alkyl halides is 1. The Bertz CT molecular complexity index is 768. The van der Waals surface area contributed by atoms with Crippen molar-refractivity contribution >= 4 is 34.2 Å². The van der Waals surface area contributed by atoms with E-state index in [0.717, 1.165) is 27.9 Å². The zero-order chi connectivity index (χ0) is 14.8. The van der Waals surface area contributed by atoms with Crippen LogP contribution >= 0.6 is 23.2 Å². The fourth-order valence-electron chi connectivity index (χ4n) is 2.15. The molecule has 108 valence electrons. The third-order valence-corrected chi connectivity index (χ3v) is 4.04. The van der Waals surface area contributed by atoms with Crippen molar-refractivity contribution in [3.63, 3.8) is 0 Å². The highest BCUT2D eigenvalue weighted by Gasteiger charge is 2.11. The van der Waals surface area contributed by atoms with Crippen molar-refractivity contribution in [3.8, 4) is 5.75 Å². The van der Waals surface area contributed by atoms with Gasteiger partial charge in [-0.3, -0.25) is 0 Å². The van der Waals surface area contributed by atoms with Crippen molar-refractivity contribution in [1.82, 2.24) is 14.8 Å². The number of rotatable bonds is 4. The minimum absolute atomic E-state index is 0.339. The van der Waals surface area contributed by atoms with E-state index in [1.54, 1.807) is 19.5 Å². The van der Waals surface area contributed by atoms with Gasteiger partial charge in [-0.2, -0.15) is 5.10 Å². The summed E-state index contributed by atoms with van der Waals surface area (Å²) in [5.41, 5.74) is 2.68. The Balaban J connectivity index is 1.95. The fraction of sp³-hybridized carbons (Fsp3) is 0.200. The lowest BCUT2D eigenvalue weighted by atomic mass is 10.2. The Hall–Kier alpha value is -1.78. The first-order valence-corrected chi connectivity index (χ1v) is 7.32. The summed E-state index contributed by atoms with van der Waals surface area (Å²) in [4.78, 5) is 4.41. The zero-order valence-corrected chi connectivity index (χ0v) is 12.9. The van der Waals surface area contributed by atoms with Gasteiger partial charge in [-0.05, 0) is 17.7 Å². The van der Waals surface area contributed by atoms with Crippen molar-refractivity contribution in [1.29, 1.82) is 0 Å². The van der Waals surface area contributed by atoms with Crippen LogP contribution in [0.3, 0.4) is 0 Å². The largest absolute Gasteiger partial charge is 0.497 e. The maximum absolute atomic E-state index is 6.30. The standard InChI is InChI=1S/C15H13Cl2N3O/c1-21-12-4-2-10(3-5-12)9-20-15-13(8-19-20)14(17)11(6-16)7-18-15/h2-5,7-8H,6,9H2,1H3. The summed E-state index contributed by atoms with van der Waals surface area (Å²) in [6, 6.07) is 7.85. The molecule has 21 heavy (non-hydrogen) atoms. The summed E-state index contributed by atoms with van der Waals surface area (Å²) < 4.78 is 6.97. The van der Waals surface area contributed by atoms with Crippen molar-refractivity contribution in [2.24, 2.45) is 0 Å². The molecule has 3 aromatic rings. The van der Waals surface area contributed by atoms with Crippen LogP contribution in [0.2, 0.25) is 5.02 Å². The average Bonchev–Trinajstić information content (AvgIpc) is 2.92. The second-order valence-electron chi connectivity index (χ2n) is 4.62. The minimum atomic E-state index is 0.339. The van der Waals surface area contributed by atoms with E-state index >= 15 is 0 Å². The second kappa shape index (κ2) is 5.92. The van der Waals surface area contributed by atoms with E-state index in [0.29, 0.717) is 17.4 Å². The monoisotopic (exact) mass is 321 g/mol. The van der Waals surface area contributed by atoms with Gasteiger partial charge in [0.2, 0.25) is 0 Å². The van der Waals surface area contributed by atoms with Crippen molar-refractivity contribution in [3.05, 3.63) is 52.8 Å². The van der Waals surface area contributed by atoms with Crippen LogP contribution in [0.4, 0.5) is 0 Å². The Morgan fingerprint density at radius 1 is 1.19 bits per heavy atom. The summed E-state index contributed by atoms with van der Waals surface area (Å²) in [6.45, 7) is 0.622. The fourth-order valence-corrected chi connectivity index (χ4v) is 2.67. The van der Waals surface area contributed by atoms with E-state index in [1.807, 2.05) is 28.9 Å². The summed E-state index contributed by atoms with van der Waals surface area (Å²) in [7, 11) is 1.65. The molecule has 0 unspecified atom stereocenters. The molecule has 0 saturated heterocycles. The lowest BCUT2D eigenvalue weighted by Gasteiger charge is -2.06. The van der Waals surface area contributed by atoms with Crippen LogP contribution in [0.15, 0.2) is 36.7 Å². The average molecular weight is 322 g/mol. The van der Waals surface area contributed by atoms with Gasteiger partial charge in [0, 0.05) is 11.8 Å². The van der Waals surface area contributed by atoms with E-state index in [2.05, 4.69) is 10.1 Å². The molecule has 0 aliphatic heterocycles. The summed E-state index contributed by atoms with van der Waals surface area (Å²) in [6.07, 6.45) is 3.42. The Morgan fingerprint density at radius 3 is 2.62 bits per heavy atom. The van der Waals surface area contributed by atoms with Gasteiger partial charge in [0.05, 0.1) is 36.1 Å². The van der Waals surface area contributed by atoms with Gasteiger partial charge >= 0.3 is 0 Å². The summed E-state index contributed by atoms with van der Waals surface area (Å²) in [5, 5.41) is 5.81. The first-order valence-electron chi connectivity index (χ1n) is 6.40. The van der Waals surface area contributed by atoms with Crippen LogP contribution in [-0.2, 0) is 12.4 Å². The van der Waals surface area contributed by atoms with Crippen molar-refractivity contribution in [2.45, 2.75) is 12.4 Å². The van der Waals surface area contributed by atoms with Gasteiger partial charge < -0.3 is 4.74 Å². The molecular weight excluding hydrogens is 309 g/mol.